The summed E-state index contributed by atoms with van der Waals surface area (Å²) in [6.45, 7) is 6.00. The molecule has 0 radical (unpaired) electrons. The fourth-order valence-corrected chi connectivity index (χ4v) is 2.32. The van der Waals surface area contributed by atoms with Crippen molar-refractivity contribution in [3.63, 3.8) is 0 Å². The lowest BCUT2D eigenvalue weighted by molar-refractivity contribution is 0.280. The van der Waals surface area contributed by atoms with Gasteiger partial charge in [0, 0.05) is 12.5 Å². The molecule has 0 aliphatic rings. The number of nitrogens with one attached hydrogen (secondary N) is 1. The Morgan fingerprint density at radius 3 is 2.86 bits per heavy atom. The zero-order chi connectivity index (χ0) is 14.9. The van der Waals surface area contributed by atoms with Crippen LogP contribution in [-0.4, -0.2) is 19.2 Å². The van der Waals surface area contributed by atoms with Gasteiger partial charge < -0.3 is 14.5 Å². The first kappa shape index (κ1) is 15.6. The lowest BCUT2D eigenvalue weighted by atomic mass is 10.1. The zero-order valence-electron chi connectivity index (χ0n) is 13.0. The summed E-state index contributed by atoms with van der Waals surface area (Å²) in [4.78, 5) is 0. The summed E-state index contributed by atoms with van der Waals surface area (Å²) in [7, 11) is 0. The highest BCUT2D eigenvalue weighted by Gasteiger charge is 2.11. The van der Waals surface area contributed by atoms with Crippen LogP contribution in [-0.2, 0) is 6.42 Å². The number of furan rings is 1. The molecule has 1 atom stereocenters. The third-order valence-electron chi connectivity index (χ3n) is 3.44. The average Bonchev–Trinajstić information content (AvgIpc) is 2.97. The topological polar surface area (TPSA) is 34.4 Å². The standard InChI is InChI=1S/C18H25NO2/c1-3-10-19-16(14-18-8-5-11-20-18)9-12-21-17-7-4-6-15(2)13-17/h4-8,11,13,16,19H,3,9-10,12,14H2,1-2H3. The Kier molecular flexibility index (Phi) is 6.35. The fraction of sp³-hybridized carbons (Fsp3) is 0.444. The molecule has 1 N–H and O–H groups in total. The van der Waals surface area contributed by atoms with E-state index in [1.54, 1.807) is 6.26 Å². The van der Waals surface area contributed by atoms with Crippen LogP contribution in [0.15, 0.2) is 47.1 Å². The Hall–Kier alpha value is -1.74. The molecule has 0 saturated heterocycles. The van der Waals surface area contributed by atoms with Gasteiger partial charge >= 0.3 is 0 Å². The van der Waals surface area contributed by atoms with Gasteiger partial charge in [-0.1, -0.05) is 19.1 Å². The van der Waals surface area contributed by atoms with Crippen molar-refractivity contribution in [2.45, 2.75) is 39.2 Å². The van der Waals surface area contributed by atoms with Gasteiger partial charge in [0.05, 0.1) is 12.9 Å². The molecule has 0 aliphatic carbocycles. The lowest BCUT2D eigenvalue weighted by Gasteiger charge is -2.18. The Morgan fingerprint density at radius 2 is 2.14 bits per heavy atom. The minimum atomic E-state index is 0.390. The summed E-state index contributed by atoms with van der Waals surface area (Å²) in [5, 5.41) is 3.57. The first-order valence-electron chi connectivity index (χ1n) is 7.73. The minimum absolute atomic E-state index is 0.390. The van der Waals surface area contributed by atoms with Crippen molar-refractivity contribution < 1.29 is 9.15 Å². The normalized spacial score (nSPS) is 12.3. The number of aryl methyl sites for hydroxylation is 1. The molecule has 114 valence electrons. The highest BCUT2D eigenvalue weighted by molar-refractivity contribution is 5.27. The molecule has 0 fully saturated rings. The van der Waals surface area contributed by atoms with Gasteiger partial charge in [-0.15, -0.1) is 0 Å². The number of benzene rings is 1. The molecular weight excluding hydrogens is 262 g/mol. The third-order valence-corrected chi connectivity index (χ3v) is 3.44. The SMILES string of the molecule is CCCNC(CCOc1cccc(C)c1)Cc1ccco1. The van der Waals surface area contributed by atoms with E-state index >= 15 is 0 Å². The maximum absolute atomic E-state index is 5.85. The van der Waals surface area contributed by atoms with Crippen molar-refractivity contribution in [1.82, 2.24) is 5.32 Å². The molecular formula is C18H25NO2. The van der Waals surface area contributed by atoms with E-state index in [-0.39, 0.29) is 0 Å². The van der Waals surface area contributed by atoms with Gasteiger partial charge in [0.15, 0.2) is 0 Å². The molecule has 0 aliphatic heterocycles. The Labute approximate surface area is 127 Å². The van der Waals surface area contributed by atoms with E-state index in [2.05, 4.69) is 31.3 Å². The van der Waals surface area contributed by atoms with Gasteiger partial charge in [0.25, 0.3) is 0 Å². The van der Waals surface area contributed by atoms with Crippen molar-refractivity contribution >= 4 is 0 Å². The molecule has 2 rings (SSSR count). The molecule has 21 heavy (non-hydrogen) atoms. The highest BCUT2D eigenvalue weighted by Crippen LogP contribution is 2.13. The van der Waals surface area contributed by atoms with Crippen LogP contribution in [0.5, 0.6) is 5.75 Å². The second kappa shape index (κ2) is 8.53. The highest BCUT2D eigenvalue weighted by atomic mass is 16.5. The van der Waals surface area contributed by atoms with Crippen LogP contribution in [0.2, 0.25) is 0 Å². The van der Waals surface area contributed by atoms with Gasteiger partial charge in [0.1, 0.15) is 11.5 Å². The van der Waals surface area contributed by atoms with E-state index in [1.807, 2.05) is 24.3 Å². The van der Waals surface area contributed by atoms with Gasteiger partial charge in [-0.3, -0.25) is 0 Å². The van der Waals surface area contributed by atoms with E-state index < -0.39 is 0 Å². The predicted octanol–water partition coefficient (Wildman–Crippen LogP) is 3.97. The van der Waals surface area contributed by atoms with Crippen molar-refractivity contribution in [2.75, 3.05) is 13.2 Å². The summed E-state index contributed by atoms with van der Waals surface area (Å²) in [5.74, 6) is 1.97. The van der Waals surface area contributed by atoms with Crippen LogP contribution in [0, 0.1) is 6.92 Å². The van der Waals surface area contributed by atoms with Crippen molar-refractivity contribution in [1.29, 1.82) is 0 Å². The second-order valence-corrected chi connectivity index (χ2v) is 5.39. The van der Waals surface area contributed by atoms with Crippen LogP contribution < -0.4 is 10.1 Å². The van der Waals surface area contributed by atoms with Crippen LogP contribution in [0.25, 0.3) is 0 Å². The molecule has 0 saturated carbocycles. The van der Waals surface area contributed by atoms with Crippen LogP contribution >= 0.6 is 0 Å². The second-order valence-electron chi connectivity index (χ2n) is 5.39. The first-order chi connectivity index (χ1) is 10.3. The molecule has 1 aromatic heterocycles. The molecule has 1 unspecified atom stereocenters. The number of hydrogen-bond acceptors (Lipinski definition) is 3. The van der Waals surface area contributed by atoms with Crippen molar-refractivity contribution in [3.8, 4) is 5.75 Å². The van der Waals surface area contributed by atoms with E-state index in [4.69, 9.17) is 9.15 Å². The van der Waals surface area contributed by atoms with Crippen LogP contribution in [0.4, 0.5) is 0 Å². The largest absolute Gasteiger partial charge is 0.494 e. The van der Waals surface area contributed by atoms with Crippen LogP contribution in [0.1, 0.15) is 31.1 Å². The van der Waals surface area contributed by atoms with Gasteiger partial charge in [-0.25, -0.2) is 0 Å². The Bertz CT molecular complexity index is 508. The van der Waals surface area contributed by atoms with Crippen LogP contribution in [0.3, 0.4) is 0 Å². The smallest absolute Gasteiger partial charge is 0.119 e. The van der Waals surface area contributed by atoms with E-state index in [1.165, 1.54) is 5.56 Å². The summed E-state index contributed by atoms with van der Waals surface area (Å²) < 4.78 is 11.3. The van der Waals surface area contributed by atoms with Crippen molar-refractivity contribution in [2.24, 2.45) is 0 Å². The zero-order valence-corrected chi connectivity index (χ0v) is 13.0. The molecule has 3 nitrogen and oxygen atoms in total. The Balaban J connectivity index is 1.80. The average molecular weight is 287 g/mol. The molecule has 0 bridgehead atoms. The predicted molar refractivity (Wildman–Crippen MR) is 85.8 cm³/mol. The maximum Gasteiger partial charge on any atom is 0.119 e. The van der Waals surface area contributed by atoms with Gasteiger partial charge in [0.2, 0.25) is 0 Å². The monoisotopic (exact) mass is 287 g/mol. The first-order valence-corrected chi connectivity index (χ1v) is 7.73. The minimum Gasteiger partial charge on any atom is -0.494 e. The summed E-state index contributed by atoms with van der Waals surface area (Å²) in [5.41, 5.74) is 1.23. The van der Waals surface area contributed by atoms with Gasteiger partial charge in [-0.2, -0.15) is 0 Å². The third kappa shape index (κ3) is 5.64. The molecule has 1 aromatic carbocycles. The van der Waals surface area contributed by atoms with Crippen molar-refractivity contribution in [3.05, 3.63) is 54.0 Å². The fourth-order valence-electron chi connectivity index (χ4n) is 2.32. The lowest BCUT2D eigenvalue weighted by Crippen LogP contribution is -2.33. The molecule has 0 amide bonds. The van der Waals surface area contributed by atoms with Gasteiger partial charge in [-0.05, 0) is 56.1 Å². The van der Waals surface area contributed by atoms with E-state index in [0.717, 1.165) is 37.3 Å². The maximum atomic E-state index is 5.85. The van der Waals surface area contributed by atoms with E-state index in [9.17, 15) is 0 Å². The number of ether oxygens (including phenoxy) is 1. The Morgan fingerprint density at radius 1 is 1.24 bits per heavy atom. The molecule has 3 heteroatoms. The summed E-state index contributed by atoms with van der Waals surface area (Å²) in [6, 6.07) is 12.5. The summed E-state index contributed by atoms with van der Waals surface area (Å²) in [6.07, 6.45) is 4.74. The molecule has 2 aromatic rings. The number of hydrogen-bond donors (Lipinski definition) is 1. The quantitative estimate of drug-likeness (QED) is 0.758. The molecule has 1 heterocycles. The molecule has 0 spiro atoms. The van der Waals surface area contributed by atoms with E-state index in [0.29, 0.717) is 12.6 Å². The number of rotatable bonds is 9. The summed E-state index contributed by atoms with van der Waals surface area (Å²) >= 11 is 0.